The molecule has 1 amide bonds. The zero-order valence-electron chi connectivity index (χ0n) is 13.8. The van der Waals surface area contributed by atoms with Gasteiger partial charge in [0.15, 0.2) is 0 Å². The molecule has 3 rings (SSSR count). The van der Waals surface area contributed by atoms with E-state index in [1.807, 2.05) is 0 Å². The number of hydrogen-bond acceptors (Lipinski definition) is 4. The number of ether oxygens (including phenoxy) is 1. The molecule has 5 nitrogen and oxygen atoms in total. The maximum Gasteiger partial charge on any atom is 0.257 e. The topological polar surface area (TPSA) is 63.2 Å². The van der Waals surface area contributed by atoms with Crippen molar-refractivity contribution in [2.45, 2.75) is 0 Å². The van der Waals surface area contributed by atoms with Gasteiger partial charge in [0.2, 0.25) is 0 Å². The largest absolute Gasteiger partial charge is 0.497 e. The molecular formula is C19H15ClFN3O2. The molecule has 0 saturated heterocycles. The van der Waals surface area contributed by atoms with E-state index in [9.17, 15) is 9.18 Å². The number of pyridine rings is 1. The van der Waals surface area contributed by atoms with Gasteiger partial charge in [0.1, 0.15) is 11.6 Å². The minimum atomic E-state index is -0.497. The smallest absolute Gasteiger partial charge is 0.257 e. The highest BCUT2D eigenvalue weighted by molar-refractivity contribution is 6.31. The molecule has 2 N–H and O–H groups in total. The molecule has 0 aliphatic carbocycles. The number of hydrogen-bond donors (Lipinski definition) is 2. The van der Waals surface area contributed by atoms with Crippen LogP contribution >= 0.6 is 11.6 Å². The number of carbonyl (C=O) groups excluding carboxylic acids is 1. The molecule has 0 saturated carbocycles. The lowest BCUT2D eigenvalue weighted by molar-refractivity contribution is 0.102. The number of methoxy groups -OCH3 is 1. The summed E-state index contributed by atoms with van der Waals surface area (Å²) in [6.45, 7) is 0. The van der Waals surface area contributed by atoms with Crippen molar-refractivity contribution in [2.24, 2.45) is 0 Å². The van der Waals surface area contributed by atoms with E-state index in [-0.39, 0.29) is 10.9 Å². The number of anilines is 3. The number of benzene rings is 2. The standard InChI is InChI=1S/C19H15ClFN3O2/c1-26-16-5-2-13(3-6-16)24-19(25)12-8-15(11-22-10-12)23-14-4-7-18(21)17(20)9-14/h2-11,23H,1H3,(H,24,25). The molecule has 7 heteroatoms. The Balaban J connectivity index is 1.73. The number of rotatable bonds is 5. The van der Waals surface area contributed by atoms with Crippen LogP contribution in [0.15, 0.2) is 60.9 Å². The summed E-state index contributed by atoms with van der Waals surface area (Å²) < 4.78 is 18.3. The molecule has 1 aromatic heterocycles. The fourth-order valence-corrected chi connectivity index (χ4v) is 2.43. The number of halogens is 2. The molecule has 0 spiro atoms. The van der Waals surface area contributed by atoms with Crippen LogP contribution in [0, 0.1) is 5.82 Å². The summed E-state index contributed by atoms with van der Waals surface area (Å²) in [6.07, 6.45) is 3.02. The third kappa shape index (κ3) is 4.29. The van der Waals surface area contributed by atoms with Crippen LogP contribution in [0.2, 0.25) is 5.02 Å². The quantitative estimate of drug-likeness (QED) is 0.671. The highest BCUT2D eigenvalue weighted by atomic mass is 35.5. The Bertz CT molecular complexity index is 932. The fraction of sp³-hybridized carbons (Fsp3) is 0.0526. The Labute approximate surface area is 154 Å². The normalized spacial score (nSPS) is 10.3. The number of amides is 1. The number of aromatic nitrogens is 1. The van der Waals surface area contributed by atoms with Crippen LogP contribution in [0.25, 0.3) is 0 Å². The predicted octanol–water partition coefficient (Wildman–Crippen LogP) is 4.88. The van der Waals surface area contributed by atoms with Crippen molar-refractivity contribution < 1.29 is 13.9 Å². The Morgan fingerprint density at radius 1 is 1.04 bits per heavy atom. The molecule has 0 radical (unpaired) electrons. The second-order valence-electron chi connectivity index (χ2n) is 5.40. The van der Waals surface area contributed by atoms with Crippen molar-refractivity contribution in [1.82, 2.24) is 4.98 Å². The van der Waals surface area contributed by atoms with Gasteiger partial charge in [-0.1, -0.05) is 11.6 Å². The third-order valence-electron chi connectivity index (χ3n) is 3.56. The number of nitrogens with zero attached hydrogens (tertiary/aromatic N) is 1. The molecule has 2 aromatic carbocycles. The first-order valence-corrected chi connectivity index (χ1v) is 8.05. The average Bonchev–Trinajstić information content (AvgIpc) is 2.65. The lowest BCUT2D eigenvalue weighted by Crippen LogP contribution is -2.12. The van der Waals surface area contributed by atoms with E-state index in [1.165, 1.54) is 18.3 Å². The lowest BCUT2D eigenvalue weighted by atomic mass is 10.2. The first-order valence-electron chi connectivity index (χ1n) is 7.67. The molecular weight excluding hydrogens is 357 g/mol. The Morgan fingerprint density at radius 2 is 1.77 bits per heavy atom. The molecule has 0 aliphatic rings. The molecule has 1 heterocycles. The fourth-order valence-electron chi connectivity index (χ4n) is 2.25. The van der Waals surface area contributed by atoms with Crippen LogP contribution in [-0.2, 0) is 0 Å². The molecule has 3 aromatic rings. The van der Waals surface area contributed by atoms with Gasteiger partial charge in [-0.05, 0) is 48.5 Å². The van der Waals surface area contributed by atoms with Gasteiger partial charge in [-0.2, -0.15) is 0 Å². The van der Waals surface area contributed by atoms with Crippen molar-refractivity contribution in [3.63, 3.8) is 0 Å². The van der Waals surface area contributed by atoms with Crippen LogP contribution in [0.4, 0.5) is 21.5 Å². The maximum atomic E-state index is 13.2. The molecule has 0 atom stereocenters. The molecule has 0 fully saturated rings. The Morgan fingerprint density at radius 3 is 2.46 bits per heavy atom. The summed E-state index contributed by atoms with van der Waals surface area (Å²) in [4.78, 5) is 16.5. The Kier molecular flexibility index (Phi) is 5.34. The third-order valence-corrected chi connectivity index (χ3v) is 3.85. The van der Waals surface area contributed by atoms with Gasteiger partial charge < -0.3 is 15.4 Å². The lowest BCUT2D eigenvalue weighted by Gasteiger charge is -2.09. The Hall–Kier alpha value is -3.12. The molecule has 26 heavy (non-hydrogen) atoms. The van der Waals surface area contributed by atoms with Crippen molar-refractivity contribution in [3.05, 3.63) is 77.3 Å². The molecule has 0 unspecified atom stereocenters. The van der Waals surface area contributed by atoms with Gasteiger partial charge in [-0.3, -0.25) is 9.78 Å². The highest BCUT2D eigenvalue weighted by Crippen LogP contribution is 2.23. The highest BCUT2D eigenvalue weighted by Gasteiger charge is 2.09. The average molecular weight is 372 g/mol. The minimum Gasteiger partial charge on any atom is -0.497 e. The minimum absolute atomic E-state index is 0.0105. The second kappa shape index (κ2) is 7.84. The van der Waals surface area contributed by atoms with Gasteiger partial charge in [0.25, 0.3) is 5.91 Å². The van der Waals surface area contributed by atoms with Crippen LogP contribution in [-0.4, -0.2) is 18.0 Å². The van der Waals surface area contributed by atoms with E-state index in [4.69, 9.17) is 16.3 Å². The molecule has 0 aliphatic heterocycles. The summed E-state index contributed by atoms with van der Waals surface area (Å²) in [5, 5.41) is 5.83. The summed E-state index contributed by atoms with van der Waals surface area (Å²) in [5.74, 6) is -0.0970. The number of carbonyl (C=O) groups is 1. The van der Waals surface area contributed by atoms with Crippen molar-refractivity contribution in [1.29, 1.82) is 0 Å². The van der Waals surface area contributed by atoms with Gasteiger partial charge in [0.05, 0.1) is 29.6 Å². The van der Waals surface area contributed by atoms with E-state index >= 15 is 0 Å². The monoisotopic (exact) mass is 371 g/mol. The van der Waals surface area contributed by atoms with Crippen LogP contribution < -0.4 is 15.4 Å². The van der Waals surface area contributed by atoms with Crippen LogP contribution in [0.5, 0.6) is 5.75 Å². The van der Waals surface area contributed by atoms with Crippen LogP contribution in [0.1, 0.15) is 10.4 Å². The second-order valence-corrected chi connectivity index (χ2v) is 5.81. The predicted molar refractivity (Wildman–Crippen MR) is 99.9 cm³/mol. The van der Waals surface area contributed by atoms with Crippen molar-refractivity contribution in [2.75, 3.05) is 17.7 Å². The van der Waals surface area contributed by atoms with E-state index in [0.29, 0.717) is 28.4 Å². The van der Waals surface area contributed by atoms with Gasteiger partial charge >= 0.3 is 0 Å². The molecule has 0 bridgehead atoms. The zero-order chi connectivity index (χ0) is 18.5. The van der Waals surface area contributed by atoms with Gasteiger partial charge in [-0.25, -0.2) is 4.39 Å². The van der Waals surface area contributed by atoms with E-state index in [0.717, 1.165) is 0 Å². The van der Waals surface area contributed by atoms with E-state index in [1.54, 1.807) is 49.7 Å². The zero-order valence-corrected chi connectivity index (χ0v) is 14.5. The maximum absolute atomic E-state index is 13.2. The van der Waals surface area contributed by atoms with Crippen molar-refractivity contribution in [3.8, 4) is 5.75 Å². The van der Waals surface area contributed by atoms with Crippen LogP contribution in [0.3, 0.4) is 0 Å². The number of nitrogens with one attached hydrogen (secondary N) is 2. The summed E-state index contributed by atoms with van der Waals surface area (Å²) >= 11 is 5.77. The molecule has 132 valence electrons. The van der Waals surface area contributed by atoms with Gasteiger partial charge in [-0.15, -0.1) is 0 Å². The van der Waals surface area contributed by atoms with E-state index < -0.39 is 5.82 Å². The SMILES string of the molecule is COc1ccc(NC(=O)c2cncc(Nc3ccc(F)c(Cl)c3)c2)cc1. The van der Waals surface area contributed by atoms with Crippen molar-refractivity contribution >= 4 is 34.6 Å². The summed E-state index contributed by atoms with van der Waals surface area (Å²) in [7, 11) is 1.58. The first kappa shape index (κ1) is 17.7. The first-order chi connectivity index (χ1) is 12.5. The van der Waals surface area contributed by atoms with Gasteiger partial charge in [0, 0.05) is 17.6 Å². The van der Waals surface area contributed by atoms with E-state index in [2.05, 4.69) is 15.6 Å². The summed E-state index contributed by atoms with van der Waals surface area (Å²) in [6, 6.07) is 12.9. The summed E-state index contributed by atoms with van der Waals surface area (Å²) in [5.41, 5.74) is 2.18.